The standard InChI is InChI=1S/C14H20N2OS/c1-2-9-16(11-6-3-4-7-11)14(17)13(15)12-8-5-10-18-12/h2,5,8,10-11,13H,1,3-4,6-7,9,15H2. The zero-order valence-corrected chi connectivity index (χ0v) is 11.4. The van der Waals surface area contributed by atoms with Crippen LogP contribution in [0.25, 0.3) is 0 Å². The zero-order valence-electron chi connectivity index (χ0n) is 10.5. The van der Waals surface area contributed by atoms with Gasteiger partial charge in [0.25, 0.3) is 0 Å². The summed E-state index contributed by atoms with van der Waals surface area (Å²) in [4.78, 5) is 15.3. The molecule has 1 aliphatic rings. The maximum atomic E-state index is 12.5. The van der Waals surface area contributed by atoms with Crippen molar-refractivity contribution in [2.75, 3.05) is 6.54 Å². The number of amides is 1. The first-order chi connectivity index (χ1) is 8.74. The van der Waals surface area contributed by atoms with Gasteiger partial charge in [-0.25, -0.2) is 0 Å². The molecule has 0 saturated heterocycles. The Hall–Kier alpha value is -1.13. The summed E-state index contributed by atoms with van der Waals surface area (Å²) >= 11 is 1.54. The van der Waals surface area contributed by atoms with Gasteiger partial charge in [0.05, 0.1) is 0 Å². The van der Waals surface area contributed by atoms with E-state index in [1.54, 1.807) is 6.08 Å². The predicted molar refractivity (Wildman–Crippen MR) is 75.4 cm³/mol. The van der Waals surface area contributed by atoms with Crippen molar-refractivity contribution in [2.45, 2.75) is 37.8 Å². The Morgan fingerprint density at radius 3 is 2.89 bits per heavy atom. The van der Waals surface area contributed by atoms with E-state index in [9.17, 15) is 4.79 Å². The summed E-state index contributed by atoms with van der Waals surface area (Å²) < 4.78 is 0. The largest absolute Gasteiger partial charge is 0.334 e. The molecular weight excluding hydrogens is 244 g/mol. The third-order valence-electron chi connectivity index (χ3n) is 3.49. The number of carbonyl (C=O) groups is 1. The summed E-state index contributed by atoms with van der Waals surface area (Å²) in [5.41, 5.74) is 6.07. The van der Waals surface area contributed by atoms with Crippen LogP contribution in [0.3, 0.4) is 0 Å². The maximum absolute atomic E-state index is 12.5. The van der Waals surface area contributed by atoms with Gasteiger partial charge in [0, 0.05) is 17.5 Å². The molecule has 2 N–H and O–H groups in total. The lowest BCUT2D eigenvalue weighted by atomic mass is 10.1. The molecule has 4 heteroatoms. The van der Waals surface area contributed by atoms with Crippen molar-refractivity contribution < 1.29 is 4.79 Å². The average molecular weight is 264 g/mol. The smallest absolute Gasteiger partial charge is 0.245 e. The number of hydrogen-bond donors (Lipinski definition) is 1. The van der Waals surface area contributed by atoms with E-state index in [4.69, 9.17) is 5.73 Å². The van der Waals surface area contributed by atoms with E-state index in [-0.39, 0.29) is 5.91 Å². The molecule has 1 unspecified atom stereocenters. The molecule has 1 amide bonds. The van der Waals surface area contributed by atoms with E-state index in [0.29, 0.717) is 12.6 Å². The topological polar surface area (TPSA) is 46.3 Å². The van der Waals surface area contributed by atoms with Gasteiger partial charge in [-0.1, -0.05) is 25.0 Å². The maximum Gasteiger partial charge on any atom is 0.245 e. The van der Waals surface area contributed by atoms with E-state index in [0.717, 1.165) is 17.7 Å². The van der Waals surface area contributed by atoms with Gasteiger partial charge < -0.3 is 10.6 Å². The Labute approximate surface area is 112 Å². The highest BCUT2D eigenvalue weighted by Gasteiger charge is 2.29. The summed E-state index contributed by atoms with van der Waals surface area (Å²) in [6.45, 7) is 4.34. The quantitative estimate of drug-likeness (QED) is 0.831. The first kappa shape index (κ1) is 13.3. The lowest BCUT2D eigenvalue weighted by molar-refractivity contribution is -0.134. The summed E-state index contributed by atoms with van der Waals surface area (Å²) in [5.74, 6) is 0.0317. The van der Waals surface area contributed by atoms with Gasteiger partial charge in [0.15, 0.2) is 0 Å². The summed E-state index contributed by atoms with van der Waals surface area (Å²) in [6, 6.07) is 3.68. The van der Waals surface area contributed by atoms with Crippen LogP contribution in [0.2, 0.25) is 0 Å². The van der Waals surface area contributed by atoms with Crippen LogP contribution in [0.15, 0.2) is 30.2 Å². The molecule has 1 aromatic heterocycles. The fraction of sp³-hybridized carbons (Fsp3) is 0.500. The number of rotatable bonds is 5. The normalized spacial score (nSPS) is 17.6. The van der Waals surface area contributed by atoms with Gasteiger partial charge in [-0.15, -0.1) is 17.9 Å². The molecule has 1 aromatic rings. The average Bonchev–Trinajstić information content (AvgIpc) is 3.05. The van der Waals surface area contributed by atoms with Crippen LogP contribution in [-0.4, -0.2) is 23.4 Å². The van der Waals surface area contributed by atoms with E-state index >= 15 is 0 Å². The fourth-order valence-electron chi connectivity index (χ4n) is 2.54. The third kappa shape index (κ3) is 2.82. The van der Waals surface area contributed by atoms with E-state index in [1.807, 2.05) is 22.4 Å². The Balaban J connectivity index is 2.09. The minimum absolute atomic E-state index is 0.0317. The molecule has 2 rings (SSSR count). The number of carbonyl (C=O) groups excluding carboxylic acids is 1. The molecular formula is C14H20N2OS. The van der Waals surface area contributed by atoms with Crippen molar-refractivity contribution in [3.05, 3.63) is 35.0 Å². The SMILES string of the molecule is C=CCN(C(=O)C(N)c1cccs1)C1CCCC1. The molecule has 1 fully saturated rings. The number of thiophene rings is 1. The summed E-state index contributed by atoms with van der Waals surface area (Å²) in [7, 11) is 0. The van der Waals surface area contributed by atoms with Crippen molar-refractivity contribution in [1.82, 2.24) is 4.90 Å². The highest BCUT2D eigenvalue weighted by molar-refractivity contribution is 7.10. The number of nitrogens with zero attached hydrogens (tertiary/aromatic N) is 1. The molecule has 1 saturated carbocycles. The Kier molecular flexibility index (Phi) is 4.55. The van der Waals surface area contributed by atoms with Gasteiger partial charge in [-0.3, -0.25) is 4.79 Å². The minimum atomic E-state index is -0.523. The van der Waals surface area contributed by atoms with E-state index in [2.05, 4.69) is 6.58 Å². The Morgan fingerprint density at radius 2 is 2.33 bits per heavy atom. The van der Waals surface area contributed by atoms with Gasteiger partial charge in [0.2, 0.25) is 5.91 Å². The monoisotopic (exact) mass is 264 g/mol. The molecule has 1 aliphatic carbocycles. The predicted octanol–water partition coefficient (Wildman–Crippen LogP) is 2.71. The molecule has 0 radical (unpaired) electrons. The second kappa shape index (κ2) is 6.16. The van der Waals surface area contributed by atoms with Crippen LogP contribution in [0.4, 0.5) is 0 Å². The van der Waals surface area contributed by atoms with Crippen LogP contribution in [0.1, 0.15) is 36.6 Å². The molecule has 18 heavy (non-hydrogen) atoms. The highest BCUT2D eigenvalue weighted by Crippen LogP contribution is 2.26. The van der Waals surface area contributed by atoms with Crippen molar-refractivity contribution in [3.8, 4) is 0 Å². The van der Waals surface area contributed by atoms with E-state index < -0.39 is 6.04 Å². The summed E-state index contributed by atoms with van der Waals surface area (Å²) in [5, 5.41) is 1.95. The highest BCUT2D eigenvalue weighted by atomic mass is 32.1. The second-order valence-corrected chi connectivity index (χ2v) is 5.69. The molecule has 0 aliphatic heterocycles. The Bertz CT molecular complexity index is 396. The third-order valence-corrected chi connectivity index (χ3v) is 4.45. The molecule has 0 bridgehead atoms. The van der Waals surface area contributed by atoms with Crippen molar-refractivity contribution >= 4 is 17.2 Å². The van der Waals surface area contributed by atoms with E-state index in [1.165, 1.54) is 24.2 Å². The molecule has 3 nitrogen and oxygen atoms in total. The van der Waals surface area contributed by atoms with Crippen molar-refractivity contribution in [1.29, 1.82) is 0 Å². The minimum Gasteiger partial charge on any atom is -0.334 e. The van der Waals surface area contributed by atoms with Crippen LogP contribution < -0.4 is 5.73 Å². The van der Waals surface area contributed by atoms with Gasteiger partial charge in [-0.05, 0) is 24.3 Å². The first-order valence-corrected chi connectivity index (χ1v) is 7.32. The second-order valence-electron chi connectivity index (χ2n) is 4.71. The van der Waals surface area contributed by atoms with Gasteiger partial charge in [-0.2, -0.15) is 0 Å². The summed E-state index contributed by atoms with van der Waals surface area (Å²) in [6.07, 6.45) is 6.39. The number of hydrogen-bond acceptors (Lipinski definition) is 3. The lowest BCUT2D eigenvalue weighted by Crippen LogP contribution is -2.43. The molecule has 98 valence electrons. The zero-order chi connectivity index (χ0) is 13.0. The Morgan fingerprint density at radius 1 is 1.61 bits per heavy atom. The lowest BCUT2D eigenvalue weighted by Gasteiger charge is -2.30. The van der Waals surface area contributed by atoms with Crippen LogP contribution >= 0.6 is 11.3 Å². The van der Waals surface area contributed by atoms with Crippen molar-refractivity contribution in [2.24, 2.45) is 5.73 Å². The first-order valence-electron chi connectivity index (χ1n) is 6.44. The van der Waals surface area contributed by atoms with Crippen molar-refractivity contribution in [3.63, 3.8) is 0 Å². The molecule has 0 spiro atoms. The fourth-order valence-corrected chi connectivity index (χ4v) is 3.26. The van der Waals surface area contributed by atoms with Crippen LogP contribution in [-0.2, 0) is 4.79 Å². The molecule has 1 heterocycles. The molecule has 0 aromatic carbocycles. The van der Waals surface area contributed by atoms with Crippen LogP contribution in [0.5, 0.6) is 0 Å². The van der Waals surface area contributed by atoms with Crippen LogP contribution in [0, 0.1) is 0 Å². The van der Waals surface area contributed by atoms with Gasteiger partial charge in [0.1, 0.15) is 6.04 Å². The number of nitrogens with two attached hydrogens (primary N) is 1. The van der Waals surface area contributed by atoms with Gasteiger partial charge >= 0.3 is 0 Å². The molecule has 1 atom stereocenters.